The number of methoxy groups -OCH3 is 1. The lowest BCUT2D eigenvalue weighted by atomic mass is 10.1. The van der Waals surface area contributed by atoms with Crippen molar-refractivity contribution in [2.75, 3.05) is 7.11 Å². The Kier molecular flexibility index (Phi) is 2.91. The first-order chi connectivity index (χ1) is 9.26. The van der Waals surface area contributed by atoms with E-state index in [0.717, 1.165) is 28.3 Å². The maximum Gasteiger partial charge on any atom is 0.158 e. The SMILES string of the molecule is COc1cccc(Cc2nc3c(C)cccn3n2)c1. The maximum atomic E-state index is 5.22. The Bertz CT molecular complexity index is 718. The molecular weight excluding hydrogens is 238 g/mol. The van der Waals surface area contributed by atoms with Crippen molar-refractivity contribution in [3.05, 3.63) is 59.5 Å². The van der Waals surface area contributed by atoms with Crippen LogP contribution in [-0.4, -0.2) is 21.7 Å². The number of fused-ring (bicyclic) bond motifs is 1. The van der Waals surface area contributed by atoms with Crippen molar-refractivity contribution in [2.45, 2.75) is 13.3 Å². The zero-order valence-electron chi connectivity index (χ0n) is 11.0. The fourth-order valence-corrected chi connectivity index (χ4v) is 2.12. The van der Waals surface area contributed by atoms with E-state index in [1.54, 1.807) is 7.11 Å². The third kappa shape index (κ3) is 2.29. The molecule has 2 aromatic heterocycles. The van der Waals surface area contributed by atoms with E-state index in [1.165, 1.54) is 0 Å². The number of hydrogen-bond donors (Lipinski definition) is 0. The molecule has 0 aliphatic carbocycles. The second-order valence-electron chi connectivity index (χ2n) is 4.52. The normalized spacial score (nSPS) is 10.8. The zero-order valence-corrected chi connectivity index (χ0v) is 11.0. The quantitative estimate of drug-likeness (QED) is 0.720. The van der Waals surface area contributed by atoms with Crippen LogP contribution in [-0.2, 0) is 6.42 Å². The van der Waals surface area contributed by atoms with Gasteiger partial charge in [0, 0.05) is 12.6 Å². The molecule has 1 aromatic carbocycles. The van der Waals surface area contributed by atoms with Gasteiger partial charge in [0.15, 0.2) is 11.5 Å². The summed E-state index contributed by atoms with van der Waals surface area (Å²) in [6.07, 6.45) is 2.63. The summed E-state index contributed by atoms with van der Waals surface area (Å²) < 4.78 is 7.05. The molecule has 0 bridgehead atoms. The molecule has 0 atom stereocenters. The van der Waals surface area contributed by atoms with Gasteiger partial charge in [0.05, 0.1) is 7.11 Å². The molecule has 0 N–H and O–H groups in total. The van der Waals surface area contributed by atoms with E-state index in [2.05, 4.69) is 16.1 Å². The Morgan fingerprint density at radius 2 is 2.11 bits per heavy atom. The van der Waals surface area contributed by atoms with Gasteiger partial charge in [0.2, 0.25) is 0 Å². The van der Waals surface area contributed by atoms with E-state index < -0.39 is 0 Å². The third-order valence-electron chi connectivity index (χ3n) is 3.10. The second-order valence-corrected chi connectivity index (χ2v) is 4.52. The smallest absolute Gasteiger partial charge is 0.158 e. The van der Waals surface area contributed by atoms with Crippen LogP contribution in [0.5, 0.6) is 5.75 Å². The van der Waals surface area contributed by atoms with Crippen LogP contribution in [0.1, 0.15) is 17.0 Å². The van der Waals surface area contributed by atoms with Gasteiger partial charge < -0.3 is 4.74 Å². The van der Waals surface area contributed by atoms with Crippen LogP contribution in [0.25, 0.3) is 5.65 Å². The first kappa shape index (κ1) is 11.7. The Hall–Kier alpha value is -2.36. The molecule has 0 saturated heterocycles. The molecule has 96 valence electrons. The van der Waals surface area contributed by atoms with Gasteiger partial charge in [-0.1, -0.05) is 18.2 Å². The lowest BCUT2D eigenvalue weighted by Crippen LogP contribution is -1.93. The van der Waals surface area contributed by atoms with Gasteiger partial charge in [-0.05, 0) is 36.2 Å². The van der Waals surface area contributed by atoms with Crippen LogP contribution >= 0.6 is 0 Å². The molecule has 0 aliphatic rings. The molecule has 0 unspecified atom stereocenters. The molecule has 19 heavy (non-hydrogen) atoms. The van der Waals surface area contributed by atoms with Gasteiger partial charge in [-0.15, -0.1) is 0 Å². The van der Waals surface area contributed by atoms with Crippen LogP contribution in [0.15, 0.2) is 42.6 Å². The Morgan fingerprint density at radius 1 is 1.21 bits per heavy atom. The summed E-state index contributed by atoms with van der Waals surface area (Å²) in [7, 11) is 1.67. The van der Waals surface area contributed by atoms with Crippen LogP contribution in [0.2, 0.25) is 0 Å². The number of benzene rings is 1. The van der Waals surface area contributed by atoms with Crippen molar-refractivity contribution >= 4 is 5.65 Å². The van der Waals surface area contributed by atoms with Gasteiger partial charge >= 0.3 is 0 Å². The zero-order chi connectivity index (χ0) is 13.2. The van der Waals surface area contributed by atoms with E-state index >= 15 is 0 Å². The van der Waals surface area contributed by atoms with Crippen molar-refractivity contribution in [3.8, 4) is 5.75 Å². The average molecular weight is 253 g/mol. The summed E-state index contributed by atoms with van der Waals surface area (Å²) in [5.41, 5.74) is 3.19. The summed E-state index contributed by atoms with van der Waals surface area (Å²) >= 11 is 0. The molecule has 0 spiro atoms. The molecule has 0 amide bonds. The highest BCUT2D eigenvalue weighted by atomic mass is 16.5. The highest BCUT2D eigenvalue weighted by Gasteiger charge is 2.06. The van der Waals surface area contributed by atoms with Crippen LogP contribution < -0.4 is 4.74 Å². The predicted molar refractivity (Wildman–Crippen MR) is 73.5 cm³/mol. The molecule has 0 saturated carbocycles. The van der Waals surface area contributed by atoms with Crippen molar-refractivity contribution in [3.63, 3.8) is 0 Å². The molecule has 4 heteroatoms. The fraction of sp³-hybridized carbons (Fsp3) is 0.200. The minimum Gasteiger partial charge on any atom is -0.497 e. The van der Waals surface area contributed by atoms with Gasteiger partial charge in [-0.25, -0.2) is 9.50 Å². The fourth-order valence-electron chi connectivity index (χ4n) is 2.12. The van der Waals surface area contributed by atoms with Crippen molar-refractivity contribution in [1.29, 1.82) is 0 Å². The van der Waals surface area contributed by atoms with Gasteiger partial charge in [-0.2, -0.15) is 5.10 Å². The highest BCUT2D eigenvalue weighted by molar-refractivity contribution is 5.46. The van der Waals surface area contributed by atoms with Crippen molar-refractivity contribution in [1.82, 2.24) is 14.6 Å². The van der Waals surface area contributed by atoms with Gasteiger partial charge in [0.1, 0.15) is 5.75 Å². The van der Waals surface area contributed by atoms with Crippen LogP contribution in [0, 0.1) is 6.92 Å². The van der Waals surface area contributed by atoms with Gasteiger partial charge in [-0.3, -0.25) is 0 Å². The standard InChI is InChI=1S/C15H15N3O/c1-11-5-4-8-18-15(11)16-14(17-18)10-12-6-3-7-13(9-12)19-2/h3-9H,10H2,1-2H3. The molecule has 0 aliphatic heterocycles. The largest absolute Gasteiger partial charge is 0.497 e. The van der Waals surface area contributed by atoms with E-state index in [9.17, 15) is 0 Å². The van der Waals surface area contributed by atoms with Gasteiger partial charge in [0.25, 0.3) is 0 Å². The summed E-state index contributed by atoms with van der Waals surface area (Å²) in [5, 5.41) is 4.49. The number of ether oxygens (including phenoxy) is 1. The van der Waals surface area contributed by atoms with Crippen LogP contribution in [0.3, 0.4) is 0 Å². The summed E-state index contributed by atoms with van der Waals surface area (Å²) in [4.78, 5) is 4.57. The number of aromatic nitrogens is 3. The lowest BCUT2D eigenvalue weighted by Gasteiger charge is -2.01. The van der Waals surface area contributed by atoms with Crippen molar-refractivity contribution < 1.29 is 4.74 Å². The van der Waals surface area contributed by atoms with E-state index in [4.69, 9.17) is 4.74 Å². The number of pyridine rings is 1. The minimum atomic E-state index is 0.707. The number of rotatable bonds is 3. The molecule has 4 nitrogen and oxygen atoms in total. The molecule has 3 aromatic rings. The lowest BCUT2D eigenvalue weighted by molar-refractivity contribution is 0.414. The molecule has 2 heterocycles. The minimum absolute atomic E-state index is 0.707. The molecular formula is C15H15N3O. The molecule has 0 fully saturated rings. The monoisotopic (exact) mass is 253 g/mol. The van der Waals surface area contributed by atoms with E-state index in [1.807, 2.05) is 48.0 Å². The number of hydrogen-bond acceptors (Lipinski definition) is 3. The maximum absolute atomic E-state index is 5.22. The Balaban J connectivity index is 1.94. The summed E-state index contributed by atoms with van der Waals surface area (Å²) in [5.74, 6) is 1.68. The predicted octanol–water partition coefficient (Wildman–Crippen LogP) is 2.64. The Labute approximate surface area is 111 Å². The molecule has 0 radical (unpaired) electrons. The third-order valence-corrected chi connectivity index (χ3v) is 3.10. The first-order valence-corrected chi connectivity index (χ1v) is 6.20. The topological polar surface area (TPSA) is 39.4 Å². The van der Waals surface area contributed by atoms with Crippen molar-refractivity contribution in [2.24, 2.45) is 0 Å². The molecule has 3 rings (SSSR count). The van der Waals surface area contributed by atoms with E-state index in [-0.39, 0.29) is 0 Å². The first-order valence-electron chi connectivity index (χ1n) is 6.20. The van der Waals surface area contributed by atoms with Crippen LogP contribution in [0.4, 0.5) is 0 Å². The Morgan fingerprint density at radius 3 is 2.89 bits per heavy atom. The number of aryl methyl sites for hydroxylation is 1. The second kappa shape index (κ2) is 4.72. The summed E-state index contributed by atoms with van der Waals surface area (Å²) in [6, 6.07) is 12.0. The highest BCUT2D eigenvalue weighted by Crippen LogP contribution is 2.15. The average Bonchev–Trinajstić information content (AvgIpc) is 2.83. The van der Waals surface area contributed by atoms with E-state index in [0.29, 0.717) is 6.42 Å². The number of nitrogens with zero attached hydrogens (tertiary/aromatic N) is 3. The summed E-state index contributed by atoms with van der Waals surface area (Å²) in [6.45, 7) is 2.04.